The Morgan fingerprint density at radius 3 is 2.15 bits per heavy atom. The molecule has 2 aromatic rings. The standard InChI is InChI=1S/C26H32O/c1-3-5-20-27-26-18-16-25(17-19-26)24-14-12-23(13-15-24)11-10-22-8-6-21(4-2)7-9-22/h2,12-19,21-22H,3,5-11,20H2,1H3. The summed E-state index contributed by atoms with van der Waals surface area (Å²) in [4.78, 5) is 0. The Hall–Kier alpha value is -2.20. The summed E-state index contributed by atoms with van der Waals surface area (Å²) in [6.07, 6.45) is 15.3. The maximum Gasteiger partial charge on any atom is 0.119 e. The van der Waals surface area contributed by atoms with Crippen molar-refractivity contribution >= 4 is 0 Å². The van der Waals surface area contributed by atoms with E-state index in [1.54, 1.807) is 0 Å². The molecule has 0 aliphatic heterocycles. The van der Waals surface area contributed by atoms with Crippen LogP contribution in [0.25, 0.3) is 11.1 Å². The fourth-order valence-electron chi connectivity index (χ4n) is 3.93. The Labute approximate surface area is 165 Å². The summed E-state index contributed by atoms with van der Waals surface area (Å²) in [6.45, 7) is 2.98. The lowest BCUT2D eigenvalue weighted by atomic mass is 9.80. The third kappa shape index (κ3) is 5.90. The summed E-state index contributed by atoms with van der Waals surface area (Å²) >= 11 is 0. The molecule has 1 heteroatoms. The number of rotatable bonds is 8. The van der Waals surface area contributed by atoms with Crippen LogP contribution in [0.5, 0.6) is 5.75 Å². The smallest absolute Gasteiger partial charge is 0.119 e. The number of ether oxygens (including phenoxy) is 1. The van der Waals surface area contributed by atoms with Gasteiger partial charge in [-0.25, -0.2) is 0 Å². The van der Waals surface area contributed by atoms with Gasteiger partial charge in [-0.3, -0.25) is 0 Å². The molecular formula is C26H32O. The Morgan fingerprint density at radius 2 is 1.56 bits per heavy atom. The molecule has 3 rings (SSSR count). The van der Waals surface area contributed by atoms with Gasteiger partial charge in [0.1, 0.15) is 5.75 Å². The van der Waals surface area contributed by atoms with E-state index in [0.29, 0.717) is 5.92 Å². The van der Waals surface area contributed by atoms with Gasteiger partial charge in [0, 0.05) is 5.92 Å². The minimum atomic E-state index is 0.531. The quantitative estimate of drug-likeness (QED) is 0.367. The molecule has 0 unspecified atom stereocenters. The van der Waals surface area contributed by atoms with E-state index in [1.807, 2.05) is 0 Å². The van der Waals surface area contributed by atoms with Crippen LogP contribution >= 0.6 is 0 Å². The monoisotopic (exact) mass is 360 g/mol. The molecule has 0 bridgehead atoms. The van der Waals surface area contributed by atoms with Gasteiger partial charge in [-0.1, -0.05) is 49.7 Å². The summed E-state index contributed by atoms with van der Waals surface area (Å²) in [7, 11) is 0. The van der Waals surface area contributed by atoms with E-state index < -0.39 is 0 Å². The highest BCUT2D eigenvalue weighted by Crippen LogP contribution is 2.31. The Kier molecular flexibility index (Phi) is 7.40. The van der Waals surface area contributed by atoms with Gasteiger partial charge in [-0.15, -0.1) is 12.3 Å². The van der Waals surface area contributed by atoms with Crippen LogP contribution in [0.4, 0.5) is 0 Å². The van der Waals surface area contributed by atoms with E-state index in [9.17, 15) is 0 Å². The number of hydrogen-bond acceptors (Lipinski definition) is 1. The lowest BCUT2D eigenvalue weighted by Crippen LogP contribution is -2.13. The van der Waals surface area contributed by atoms with Crippen LogP contribution in [0.3, 0.4) is 0 Å². The largest absolute Gasteiger partial charge is 0.494 e. The summed E-state index contributed by atoms with van der Waals surface area (Å²) in [5.41, 5.74) is 3.96. The molecule has 0 amide bonds. The van der Waals surface area contributed by atoms with Gasteiger partial charge in [-0.05, 0) is 79.7 Å². The van der Waals surface area contributed by atoms with Crippen molar-refractivity contribution in [2.45, 2.75) is 58.3 Å². The summed E-state index contributed by atoms with van der Waals surface area (Å²) in [5.74, 6) is 5.28. The molecule has 1 fully saturated rings. The number of terminal acetylenes is 1. The molecule has 27 heavy (non-hydrogen) atoms. The zero-order valence-corrected chi connectivity index (χ0v) is 16.6. The summed E-state index contributed by atoms with van der Waals surface area (Å²) < 4.78 is 5.75. The highest BCUT2D eigenvalue weighted by Gasteiger charge is 2.19. The minimum absolute atomic E-state index is 0.531. The van der Waals surface area contributed by atoms with Gasteiger partial charge in [0.05, 0.1) is 6.61 Å². The van der Waals surface area contributed by atoms with Crippen LogP contribution in [0, 0.1) is 24.2 Å². The maximum atomic E-state index is 5.75. The first-order chi connectivity index (χ1) is 13.3. The highest BCUT2D eigenvalue weighted by molar-refractivity contribution is 5.64. The van der Waals surface area contributed by atoms with Crippen molar-refractivity contribution in [3.05, 3.63) is 54.1 Å². The van der Waals surface area contributed by atoms with Crippen LogP contribution in [-0.4, -0.2) is 6.61 Å². The minimum Gasteiger partial charge on any atom is -0.494 e. The second-order valence-electron chi connectivity index (χ2n) is 7.85. The topological polar surface area (TPSA) is 9.23 Å². The lowest BCUT2D eigenvalue weighted by Gasteiger charge is -2.25. The molecule has 1 aliphatic carbocycles. The second-order valence-corrected chi connectivity index (χ2v) is 7.85. The third-order valence-electron chi connectivity index (χ3n) is 5.83. The van der Waals surface area contributed by atoms with E-state index >= 15 is 0 Å². The Bertz CT molecular complexity index is 712. The molecule has 0 heterocycles. The van der Waals surface area contributed by atoms with Gasteiger partial charge in [-0.2, -0.15) is 0 Å². The fourth-order valence-corrected chi connectivity index (χ4v) is 3.93. The van der Waals surface area contributed by atoms with E-state index in [0.717, 1.165) is 31.1 Å². The summed E-state index contributed by atoms with van der Waals surface area (Å²) in [5, 5.41) is 0. The maximum absolute atomic E-state index is 5.75. The molecule has 1 aliphatic rings. The number of benzene rings is 2. The Balaban J connectivity index is 1.49. The molecule has 2 aromatic carbocycles. The van der Waals surface area contributed by atoms with Crippen molar-refractivity contribution < 1.29 is 4.74 Å². The molecule has 1 nitrogen and oxygen atoms in total. The number of unbranched alkanes of at least 4 members (excludes halogenated alkanes) is 1. The van der Waals surface area contributed by atoms with Gasteiger partial charge < -0.3 is 4.74 Å². The van der Waals surface area contributed by atoms with E-state index in [1.165, 1.54) is 55.2 Å². The molecule has 142 valence electrons. The first-order valence-electron chi connectivity index (χ1n) is 10.6. The molecule has 0 spiro atoms. The van der Waals surface area contributed by atoms with Crippen molar-refractivity contribution in [1.29, 1.82) is 0 Å². The number of hydrogen-bond donors (Lipinski definition) is 0. The van der Waals surface area contributed by atoms with Crippen LogP contribution < -0.4 is 4.74 Å². The fraction of sp³-hybridized carbons (Fsp3) is 0.462. The Morgan fingerprint density at radius 1 is 0.926 bits per heavy atom. The third-order valence-corrected chi connectivity index (χ3v) is 5.83. The molecule has 0 aromatic heterocycles. The number of aryl methyl sites for hydroxylation is 1. The second kappa shape index (κ2) is 10.2. The van der Waals surface area contributed by atoms with Gasteiger partial charge in [0.15, 0.2) is 0 Å². The van der Waals surface area contributed by atoms with Crippen molar-refractivity contribution in [2.75, 3.05) is 6.61 Å². The first kappa shape index (κ1) is 19.6. The lowest BCUT2D eigenvalue weighted by molar-refractivity contribution is 0.302. The predicted octanol–water partition coefficient (Wildman–Crippen LogP) is 6.90. The average Bonchev–Trinajstić information content (AvgIpc) is 2.74. The SMILES string of the molecule is C#CC1CCC(CCc2ccc(-c3ccc(OCCCC)cc3)cc2)CC1. The molecular weight excluding hydrogens is 328 g/mol. The molecule has 0 radical (unpaired) electrons. The highest BCUT2D eigenvalue weighted by atomic mass is 16.5. The molecule has 0 atom stereocenters. The van der Waals surface area contributed by atoms with Crippen molar-refractivity contribution in [3.63, 3.8) is 0 Å². The van der Waals surface area contributed by atoms with Crippen molar-refractivity contribution in [2.24, 2.45) is 11.8 Å². The first-order valence-corrected chi connectivity index (χ1v) is 10.6. The van der Waals surface area contributed by atoms with Crippen LogP contribution in [0.15, 0.2) is 48.5 Å². The van der Waals surface area contributed by atoms with E-state index in [2.05, 4.69) is 61.4 Å². The molecule has 0 saturated heterocycles. The average molecular weight is 361 g/mol. The van der Waals surface area contributed by atoms with Crippen LogP contribution in [-0.2, 0) is 6.42 Å². The normalized spacial score (nSPS) is 19.4. The predicted molar refractivity (Wildman–Crippen MR) is 115 cm³/mol. The van der Waals surface area contributed by atoms with E-state index in [-0.39, 0.29) is 0 Å². The molecule has 0 N–H and O–H groups in total. The van der Waals surface area contributed by atoms with Gasteiger partial charge in [0.25, 0.3) is 0 Å². The van der Waals surface area contributed by atoms with Crippen LogP contribution in [0.1, 0.15) is 57.4 Å². The van der Waals surface area contributed by atoms with E-state index in [4.69, 9.17) is 11.2 Å². The van der Waals surface area contributed by atoms with Gasteiger partial charge >= 0.3 is 0 Å². The molecule has 1 saturated carbocycles. The van der Waals surface area contributed by atoms with Crippen molar-refractivity contribution in [1.82, 2.24) is 0 Å². The zero-order chi connectivity index (χ0) is 18.9. The van der Waals surface area contributed by atoms with Crippen molar-refractivity contribution in [3.8, 4) is 29.2 Å². The zero-order valence-electron chi connectivity index (χ0n) is 16.6. The van der Waals surface area contributed by atoms with Gasteiger partial charge in [0.2, 0.25) is 0 Å². The summed E-state index contributed by atoms with van der Waals surface area (Å²) in [6, 6.07) is 17.5. The van der Waals surface area contributed by atoms with Crippen LogP contribution in [0.2, 0.25) is 0 Å².